The third-order valence-electron chi connectivity index (χ3n) is 3.90. The zero-order chi connectivity index (χ0) is 13.9. The van der Waals surface area contributed by atoms with Gasteiger partial charge in [0.15, 0.2) is 0 Å². The number of benzene rings is 1. The standard InChI is InChI=1S/C15H22N2O2/c1-11(12-7-3-4-8-13(12)19-2)17-14(18)15(16)9-5-6-10-15/h3-4,7-8,11H,5-6,9-10,16H2,1-2H3,(H,17,18)/t11-/m1/s1. The minimum absolute atomic E-state index is 0.0524. The van der Waals surface area contributed by atoms with Crippen molar-refractivity contribution in [3.05, 3.63) is 29.8 Å². The van der Waals surface area contributed by atoms with Crippen molar-refractivity contribution in [3.63, 3.8) is 0 Å². The molecule has 0 aromatic heterocycles. The van der Waals surface area contributed by atoms with Crippen LogP contribution in [-0.2, 0) is 4.79 Å². The summed E-state index contributed by atoms with van der Waals surface area (Å²) in [5, 5.41) is 3.01. The third-order valence-corrected chi connectivity index (χ3v) is 3.90. The average Bonchev–Trinajstić information content (AvgIpc) is 2.87. The molecule has 0 spiro atoms. The van der Waals surface area contributed by atoms with Crippen LogP contribution >= 0.6 is 0 Å². The minimum Gasteiger partial charge on any atom is -0.496 e. The highest BCUT2D eigenvalue weighted by Crippen LogP contribution is 2.29. The van der Waals surface area contributed by atoms with Gasteiger partial charge < -0.3 is 15.8 Å². The highest BCUT2D eigenvalue weighted by Gasteiger charge is 2.37. The van der Waals surface area contributed by atoms with Crippen LogP contribution in [-0.4, -0.2) is 18.6 Å². The van der Waals surface area contributed by atoms with Gasteiger partial charge in [0.05, 0.1) is 18.7 Å². The summed E-state index contributed by atoms with van der Waals surface area (Å²) in [5.41, 5.74) is 6.44. The number of ether oxygens (including phenoxy) is 1. The number of methoxy groups -OCH3 is 1. The van der Waals surface area contributed by atoms with E-state index in [-0.39, 0.29) is 11.9 Å². The second-order valence-corrected chi connectivity index (χ2v) is 5.30. The summed E-state index contributed by atoms with van der Waals surface area (Å²) in [4.78, 5) is 12.3. The molecule has 0 unspecified atom stereocenters. The van der Waals surface area contributed by atoms with Crippen LogP contribution in [0.2, 0.25) is 0 Å². The lowest BCUT2D eigenvalue weighted by Gasteiger charge is -2.25. The van der Waals surface area contributed by atoms with Crippen molar-refractivity contribution < 1.29 is 9.53 Å². The van der Waals surface area contributed by atoms with Gasteiger partial charge in [-0.15, -0.1) is 0 Å². The molecule has 1 aromatic carbocycles. The summed E-state index contributed by atoms with van der Waals surface area (Å²) in [5.74, 6) is 0.733. The Morgan fingerprint density at radius 2 is 2.00 bits per heavy atom. The van der Waals surface area contributed by atoms with Crippen molar-refractivity contribution in [1.29, 1.82) is 0 Å². The van der Waals surface area contributed by atoms with Crippen molar-refractivity contribution in [2.45, 2.75) is 44.2 Å². The Labute approximate surface area is 114 Å². The Hall–Kier alpha value is -1.55. The SMILES string of the molecule is COc1ccccc1[C@@H](C)NC(=O)C1(N)CCCC1. The second-order valence-electron chi connectivity index (χ2n) is 5.30. The number of nitrogens with one attached hydrogen (secondary N) is 1. The molecule has 3 N–H and O–H groups in total. The van der Waals surface area contributed by atoms with Gasteiger partial charge in [-0.05, 0) is 25.8 Å². The molecule has 1 fully saturated rings. The van der Waals surface area contributed by atoms with Crippen LogP contribution in [0.25, 0.3) is 0 Å². The summed E-state index contributed by atoms with van der Waals surface area (Å²) in [7, 11) is 1.63. The summed E-state index contributed by atoms with van der Waals surface area (Å²) in [6, 6.07) is 7.60. The normalized spacial score (nSPS) is 18.9. The highest BCUT2D eigenvalue weighted by atomic mass is 16.5. The molecule has 0 bridgehead atoms. The molecule has 1 aliphatic carbocycles. The summed E-state index contributed by atoms with van der Waals surface area (Å²) >= 11 is 0. The molecule has 1 amide bonds. The molecule has 0 saturated heterocycles. The molecular weight excluding hydrogens is 240 g/mol. The predicted molar refractivity (Wildman–Crippen MR) is 74.9 cm³/mol. The summed E-state index contributed by atoms with van der Waals surface area (Å²) < 4.78 is 5.32. The van der Waals surface area contributed by atoms with Crippen molar-refractivity contribution in [1.82, 2.24) is 5.32 Å². The van der Waals surface area contributed by atoms with Crippen LogP contribution in [0.15, 0.2) is 24.3 Å². The fourth-order valence-electron chi connectivity index (χ4n) is 2.68. The Kier molecular flexibility index (Phi) is 4.10. The number of rotatable bonds is 4. The van der Waals surface area contributed by atoms with Gasteiger partial charge in [0.1, 0.15) is 5.75 Å². The van der Waals surface area contributed by atoms with E-state index in [4.69, 9.17) is 10.5 Å². The topological polar surface area (TPSA) is 64.3 Å². The van der Waals surface area contributed by atoms with E-state index in [1.165, 1.54) is 0 Å². The van der Waals surface area contributed by atoms with Crippen molar-refractivity contribution in [2.75, 3.05) is 7.11 Å². The Bertz CT molecular complexity index is 453. The van der Waals surface area contributed by atoms with Crippen molar-refractivity contribution in [3.8, 4) is 5.75 Å². The molecular formula is C15H22N2O2. The number of para-hydroxylation sites is 1. The average molecular weight is 262 g/mol. The number of hydrogen-bond donors (Lipinski definition) is 2. The molecule has 4 nitrogen and oxygen atoms in total. The van der Waals surface area contributed by atoms with E-state index in [0.717, 1.165) is 37.0 Å². The van der Waals surface area contributed by atoms with Crippen LogP contribution in [0, 0.1) is 0 Å². The van der Waals surface area contributed by atoms with Gasteiger partial charge in [0.25, 0.3) is 0 Å². The molecule has 104 valence electrons. The molecule has 1 aliphatic rings. The fraction of sp³-hybridized carbons (Fsp3) is 0.533. The maximum atomic E-state index is 12.3. The molecule has 0 radical (unpaired) electrons. The number of hydrogen-bond acceptors (Lipinski definition) is 3. The molecule has 1 saturated carbocycles. The maximum absolute atomic E-state index is 12.3. The summed E-state index contributed by atoms with van der Waals surface area (Å²) in [6.07, 6.45) is 3.62. The van der Waals surface area contributed by atoms with Gasteiger partial charge >= 0.3 is 0 Å². The van der Waals surface area contributed by atoms with Gasteiger partial charge in [-0.25, -0.2) is 0 Å². The molecule has 1 atom stereocenters. The van der Waals surface area contributed by atoms with E-state index in [0.29, 0.717) is 0 Å². The van der Waals surface area contributed by atoms with E-state index in [1.807, 2.05) is 31.2 Å². The quantitative estimate of drug-likeness (QED) is 0.873. The first-order valence-corrected chi connectivity index (χ1v) is 6.79. The molecule has 19 heavy (non-hydrogen) atoms. The number of nitrogens with two attached hydrogens (primary N) is 1. The second kappa shape index (κ2) is 5.61. The zero-order valence-electron chi connectivity index (χ0n) is 11.6. The van der Waals surface area contributed by atoms with Gasteiger partial charge in [0, 0.05) is 5.56 Å². The number of carbonyl (C=O) groups excluding carboxylic acids is 1. The van der Waals surface area contributed by atoms with Crippen LogP contribution in [0.3, 0.4) is 0 Å². The first-order chi connectivity index (χ1) is 9.07. The molecule has 0 aliphatic heterocycles. The van der Waals surface area contributed by atoms with Crippen molar-refractivity contribution in [2.24, 2.45) is 5.73 Å². The highest BCUT2D eigenvalue weighted by molar-refractivity contribution is 5.86. The smallest absolute Gasteiger partial charge is 0.240 e. The zero-order valence-corrected chi connectivity index (χ0v) is 11.6. The monoisotopic (exact) mass is 262 g/mol. The predicted octanol–water partition coefficient (Wildman–Crippen LogP) is 2.14. The maximum Gasteiger partial charge on any atom is 0.240 e. The molecule has 1 aromatic rings. The fourth-order valence-corrected chi connectivity index (χ4v) is 2.68. The van der Waals surface area contributed by atoms with Gasteiger partial charge in [-0.1, -0.05) is 31.0 Å². The van der Waals surface area contributed by atoms with E-state index in [2.05, 4.69) is 5.32 Å². The van der Waals surface area contributed by atoms with Gasteiger partial charge in [-0.3, -0.25) is 4.79 Å². The Morgan fingerprint density at radius 1 is 1.37 bits per heavy atom. The number of carbonyl (C=O) groups is 1. The lowest BCUT2D eigenvalue weighted by Crippen LogP contribution is -2.52. The van der Waals surface area contributed by atoms with Gasteiger partial charge in [-0.2, -0.15) is 0 Å². The third kappa shape index (κ3) is 2.89. The largest absolute Gasteiger partial charge is 0.496 e. The number of amides is 1. The Balaban J connectivity index is 2.08. The lowest BCUT2D eigenvalue weighted by atomic mass is 9.97. The van der Waals surface area contributed by atoms with Crippen LogP contribution < -0.4 is 15.8 Å². The van der Waals surface area contributed by atoms with Crippen LogP contribution in [0.5, 0.6) is 5.75 Å². The van der Waals surface area contributed by atoms with Crippen LogP contribution in [0.4, 0.5) is 0 Å². The van der Waals surface area contributed by atoms with Gasteiger partial charge in [0.2, 0.25) is 5.91 Å². The van der Waals surface area contributed by atoms with E-state index < -0.39 is 5.54 Å². The van der Waals surface area contributed by atoms with Crippen molar-refractivity contribution >= 4 is 5.91 Å². The molecule has 0 heterocycles. The minimum atomic E-state index is -0.684. The van der Waals surface area contributed by atoms with Crippen LogP contribution in [0.1, 0.15) is 44.2 Å². The molecule has 4 heteroatoms. The Morgan fingerprint density at radius 3 is 2.63 bits per heavy atom. The first kappa shape index (κ1) is 13.9. The molecule has 2 rings (SSSR count). The van der Waals surface area contributed by atoms with E-state index in [9.17, 15) is 4.79 Å². The first-order valence-electron chi connectivity index (χ1n) is 6.79. The van der Waals surface area contributed by atoms with E-state index >= 15 is 0 Å². The lowest BCUT2D eigenvalue weighted by molar-refractivity contribution is -0.126. The summed E-state index contributed by atoms with van der Waals surface area (Å²) in [6.45, 7) is 1.95. The van der Waals surface area contributed by atoms with E-state index in [1.54, 1.807) is 7.11 Å².